The number of methoxy groups -OCH3 is 1. The van der Waals surface area contributed by atoms with Crippen molar-refractivity contribution in [3.8, 4) is 0 Å². The van der Waals surface area contributed by atoms with E-state index in [9.17, 15) is 9.18 Å². The van der Waals surface area contributed by atoms with Gasteiger partial charge in [0.05, 0.1) is 18.4 Å². The number of aromatic nitrogens is 1. The van der Waals surface area contributed by atoms with Crippen LogP contribution in [0.25, 0.3) is 0 Å². The lowest BCUT2D eigenvalue weighted by Gasteiger charge is -2.05. The summed E-state index contributed by atoms with van der Waals surface area (Å²) < 4.78 is 17.6. The molecule has 1 aromatic carbocycles. The second-order valence-corrected chi connectivity index (χ2v) is 4.26. The molecule has 0 saturated heterocycles. The van der Waals surface area contributed by atoms with E-state index in [4.69, 9.17) is 0 Å². The first-order valence-electron chi connectivity index (χ1n) is 6.17. The fourth-order valence-corrected chi connectivity index (χ4v) is 1.75. The molecular formula is C15H15FN2O2. The van der Waals surface area contributed by atoms with Gasteiger partial charge in [0.15, 0.2) is 0 Å². The van der Waals surface area contributed by atoms with Gasteiger partial charge in [-0.1, -0.05) is 12.1 Å². The van der Waals surface area contributed by atoms with Crippen molar-refractivity contribution in [3.05, 3.63) is 65.2 Å². The molecule has 0 aliphatic heterocycles. The monoisotopic (exact) mass is 274 g/mol. The fourth-order valence-electron chi connectivity index (χ4n) is 1.75. The summed E-state index contributed by atoms with van der Waals surface area (Å²) in [5.74, 6) is -0.651. The van der Waals surface area contributed by atoms with Crippen LogP contribution in [0.4, 0.5) is 4.39 Å². The summed E-state index contributed by atoms with van der Waals surface area (Å²) in [5.41, 5.74) is 2.09. The van der Waals surface area contributed by atoms with Crippen LogP contribution in [-0.2, 0) is 17.8 Å². The molecule has 0 fully saturated rings. The maximum Gasteiger partial charge on any atom is 0.339 e. The van der Waals surface area contributed by atoms with Crippen LogP contribution in [-0.4, -0.2) is 18.1 Å². The van der Waals surface area contributed by atoms with Crippen molar-refractivity contribution >= 4 is 5.97 Å². The van der Waals surface area contributed by atoms with Crippen molar-refractivity contribution < 1.29 is 13.9 Å². The standard InChI is InChI=1S/C15H15FN2O2/c1-20-15(19)12-5-6-14(18-9-12)10-17-8-11-3-2-4-13(16)7-11/h2-7,9,17H,8,10H2,1H3. The Morgan fingerprint density at radius 1 is 1.30 bits per heavy atom. The van der Waals surface area contributed by atoms with E-state index in [1.165, 1.54) is 25.4 Å². The van der Waals surface area contributed by atoms with Gasteiger partial charge in [-0.25, -0.2) is 9.18 Å². The molecule has 5 heteroatoms. The van der Waals surface area contributed by atoms with E-state index in [0.29, 0.717) is 18.7 Å². The molecule has 1 aromatic heterocycles. The highest BCUT2D eigenvalue weighted by Crippen LogP contribution is 2.04. The van der Waals surface area contributed by atoms with Crippen molar-refractivity contribution in [1.82, 2.24) is 10.3 Å². The van der Waals surface area contributed by atoms with Gasteiger partial charge in [0.2, 0.25) is 0 Å². The first kappa shape index (κ1) is 14.1. The quantitative estimate of drug-likeness (QED) is 0.850. The van der Waals surface area contributed by atoms with Crippen LogP contribution in [0.1, 0.15) is 21.6 Å². The number of hydrogen-bond donors (Lipinski definition) is 1. The molecule has 0 aliphatic carbocycles. The van der Waals surface area contributed by atoms with Crippen molar-refractivity contribution in [2.45, 2.75) is 13.1 Å². The number of benzene rings is 1. The summed E-state index contributed by atoms with van der Waals surface area (Å²) in [7, 11) is 1.33. The first-order chi connectivity index (χ1) is 9.69. The van der Waals surface area contributed by atoms with E-state index < -0.39 is 5.97 Å². The summed E-state index contributed by atoms with van der Waals surface area (Å²) in [6.45, 7) is 1.09. The summed E-state index contributed by atoms with van der Waals surface area (Å²) in [4.78, 5) is 15.4. The molecular weight excluding hydrogens is 259 g/mol. The van der Waals surface area contributed by atoms with E-state index in [2.05, 4.69) is 15.0 Å². The Morgan fingerprint density at radius 3 is 2.80 bits per heavy atom. The number of rotatable bonds is 5. The second kappa shape index (κ2) is 6.77. The first-order valence-corrected chi connectivity index (χ1v) is 6.17. The van der Waals surface area contributed by atoms with Crippen LogP contribution in [0.15, 0.2) is 42.6 Å². The minimum atomic E-state index is -0.406. The zero-order valence-corrected chi connectivity index (χ0v) is 11.1. The van der Waals surface area contributed by atoms with Gasteiger partial charge in [0.25, 0.3) is 0 Å². The number of esters is 1. The van der Waals surface area contributed by atoms with Crippen LogP contribution >= 0.6 is 0 Å². The minimum Gasteiger partial charge on any atom is -0.465 e. The normalized spacial score (nSPS) is 10.3. The minimum absolute atomic E-state index is 0.246. The molecule has 2 rings (SSSR count). The maximum atomic E-state index is 13.0. The molecule has 0 radical (unpaired) electrons. The molecule has 0 saturated carbocycles. The molecule has 0 atom stereocenters. The lowest BCUT2D eigenvalue weighted by Crippen LogP contribution is -2.14. The number of nitrogens with zero attached hydrogens (tertiary/aromatic N) is 1. The van der Waals surface area contributed by atoms with Crippen LogP contribution in [0.5, 0.6) is 0 Å². The highest BCUT2D eigenvalue weighted by Gasteiger charge is 2.05. The number of ether oxygens (including phenoxy) is 1. The Labute approximate surface area is 116 Å². The third-order valence-corrected chi connectivity index (χ3v) is 2.77. The van der Waals surface area contributed by atoms with Crippen molar-refractivity contribution in [2.75, 3.05) is 7.11 Å². The van der Waals surface area contributed by atoms with Crippen molar-refractivity contribution in [1.29, 1.82) is 0 Å². The Bertz CT molecular complexity index is 585. The molecule has 104 valence electrons. The van der Waals surface area contributed by atoms with Crippen molar-refractivity contribution in [3.63, 3.8) is 0 Å². The number of nitrogens with one attached hydrogen (secondary N) is 1. The Hall–Kier alpha value is -2.27. The predicted octanol–water partition coefficient (Wildman–Crippen LogP) is 2.30. The average Bonchev–Trinajstić information content (AvgIpc) is 2.47. The SMILES string of the molecule is COC(=O)c1ccc(CNCc2cccc(F)c2)nc1. The zero-order valence-electron chi connectivity index (χ0n) is 11.1. The number of carbonyl (C=O) groups is 1. The van der Waals surface area contributed by atoms with Gasteiger partial charge >= 0.3 is 5.97 Å². The topological polar surface area (TPSA) is 51.2 Å². The Morgan fingerprint density at radius 2 is 2.15 bits per heavy atom. The molecule has 0 bridgehead atoms. The van der Waals surface area contributed by atoms with Gasteiger partial charge in [-0.2, -0.15) is 0 Å². The van der Waals surface area contributed by atoms with Gasteiger partial charge in [0, 0.05) is 19.3 Å². The summed E-state index contributed by atoms with van der Waals surface area (Å²) in [6.07, 6.45) is 1.48. The summed E-state index contributed by atoms with van der Waals surface area (Å²) in [5, 5.41) is 3.16. The van der Waals surface area contributed by atoms with Gasteiger partial charge in [-0.3, -0.25) is 4.98 Å². The molecule has 0 unspecified atom stereocenters. The fraction of sp³-hybridized carbons (Fsp3) is 0.200. The molecule has 4 nitrogen and oxygen atoms in total. The molecule has 0 aliphatic rings. The maximum absolute atomic E-state index is 13.0. The van der Waals surface area contributed by atoms with E-state index in [1.807, 2.05) is 6.07 Å². The molecule has 20 heavy (non-hydrogen) atoms. The van der Waals surface area contributed by atoms with Crippen LogP contribution in [0.2, 0.25) is 0 Å². The smallest absolute Gasteiger partial charge is 0.339 e. The average molecular weight is 274 g/mol. The largest absolute Gasteiger partial charge is 0.465 e. The van der Waals surface area contributed by atoms with E-state index in [0.717, 1.165) is 11.3 Å². The summed E-state index contributed by atoms with van der Waals surface area (Å²) in [6, 6.07) is 9.85. The van der Waals surface area contributed by atoms with E-state index in [-0.39, 0.29) is 5.82 Å². The van der Waals surface area contributed by atoms with Gasteiger partial charge in [-0.15, -0.1) is 0 Å². The van der Waals surface area contributed by atoms with E-state index in [1.54, 1.807) is 18.2 Å². The Kier molecular flexibility index (Phi) is 4.79. The van der Waals surface area contributed by atoms with Gasteiger partial charge < -0.3 is 10.1 Å². The molecule has 2 aromatic rings. The number of hydrogen-bond acceptors (Lipinski definition) is 4. The van der Waals surface area contributed by atoms with Crippen LogP contribution in [0, 0.1) is 5.82 Å². The van der Waals surface area contributed by atoms with Crippen LogP contribution < -0.4 is 5.32 Å². The third-order valence-electron chi connectivity index (χ3n) is 2.77. The molecule has 1 heterocycles. The predicted molar refractivity (Wildman–Crippen MR) is 72.5 cm³/mol. The Balaban J connectivity index is 1.86. The van der Waals surface area contributed by atoms with Crippen molar-refractivity contribution in [2.24, 2.45) is 0 Å². The zero-order chi connectivity index (χ0) is 14.4. The van der Waals surface area contributed by atoms with Gasteiger partial charge in [0.1, 0.15) is 5.82 Å². The molecule has 1 N–H and O–H groups in total. The lowest BCUT2D eigenvalue weighted by molar-refractivity contribution is 0.0600. The third kappa shape index (κ3) is 3.86. The number of carbonyl (C=O) groups excluding carboxylic acids is 1. The van der Waals surface area contributed by atoms with Crippen LogP contribution in [0.3, 0.4) is 0 Å². The van der Waals surface area contributed by atoms with Gasteiger partial charge in [-0.05, 0) is 29.8 Å². The highest BCUT2D eigenvalue weighted by molar-refractivity contribution is 5.88. The summed E-state index contributed by atoms with van der Waals surface area (Å²) >= 11 is 0. The number of pyridine rings is 1. The molecule has 0 amide bonds. The lowest BCUT2D eigenvalue weighted by atomic mass is 10.2. The second-order valence-electron chi connectivity index (χ2n) is 4.26. The number of halogens is 1. The van der Waals surface area contributed by atoms with E-state index >= 15 is 0 Å². The highest BCUT2D eigenvalue weighted by atomic mass is 19.1. The molecule has 0 spiro atoms.